The van der Waals surface area contributed by atoms with Crippen LogP contribution in [0.3, 0.4) is 0 Å². The number of nitrogens with one attached hydrogen (secondary N) is 1. The molecule has 0 unspecified atom stereocenters. The highest BCUT2D eigenvalue weighted by molar-refractivity contribution is 9.11. The molecule has 0 heterocycles. The van der Waals surface area contributed by atoms with E-state index in [1.54, 1.807) is 18.2 Å². The van der Waals surface area contributed by atoms with E-state index >= 15 is 0 Å². The van der Waals surface area contributed by atoms with Gasteiger partial charge in [0, 0.05) is 15.7 Å². The van der Waals surface area contributed by atoms with Crippen molar-refractivity contribution in [1.29, 1.82) is 5.26 Å². The average molecular weight is 546 g/mol. The Morgan fingerprint density at radius 2 is 1.97 bits per heavy atom. The molecule has 2 aromatic rings. The molecule has 4 nitrogen and oxygen atoms in total. The minimum Gasteiger partial charge on any atom is -0.492 e. The fraction of sp³-hybridized carbons (Fsp3) is 0.238. The summed E-state index contributed by atoms with van der Waals surface area (Å²) in [6.07, 6.45) is -3.21. The van der Waals surface area contributed by atoms with Crippen molar-refractivity contribution in [3.8, 4) is 11.8 Å². The van der Waals surface area contributed by atoms with Crippen LogP contribution in [0.5, 0.6) is 5.75 Å². The van der Waals surface area contributed by atoms with Crippen molar-refractivity contribution in [3.05, 3.63) is 62.0 Å². The lowest BCUT2D eigenvalue weighted by Crippen LogP contribution is -2.14. The highest BCUT2D eigenvalue weighted by atomic mass is 79.9. The lowest BCUT2D eigenvalue weighted by Gasteiger charge is -2.14. The van der Waals surface area contributed by atoms with Crippen molar-refractivity contribution in [1.82, 2.24) is 0 Å². The topological polar surface area (TPSA) is 62.1 Å². The summed E-state index contributed by atoms with van der Waals surface area (Å²) >= 11 is 6.75. The fourth-order valence-electron chi connectivity index (χ4n) is 2.37. The second kappa shape index (κ2) is 10.1. The lowest BCUT2D eigenvalue weighted by atomic mass is 10.1. The summed E-state index contributed by atoms with van der Waals surface area (Å²) < 4.78 is 45.7. The van der Waals surface area contributed by atoms with Gasteiger partial charge in [0.2, 0.25) is 0 Å². The van der Waals surface area contributed by atoms with Crippen LogP contribution in [0.4, 0.5) is 18.9 Å². The molecule has 1 amide bonds. The maximum atomic E-state index is 12.9. The van der Waals surface area contributed by atoms with Gasteiger partial charge in [0.1, 0.15) is 17.4 Å². The van der Waals surface area contributed by atoms with Crippen LogP contribution in [0.2, 0.25) is 0 Å². The molecule has 0 aliphatic rings. The predicted octanol–water partition coefficient (Wildman–Crippen LogP) is 6.81. The van der Waals surface area contributed by atoms with E-state index in [-0.39, 0.29) is 17.2 Å². The molecule has 1 N–H and O–H groups in total. The largest absolute Gasteiger partial charge is 0.492 e. The summed E-state index contributed by atoms with van der Waals surface area (Å²) in [7, 11) is 0. The van der Waals surface area contributed by atoms with Crippen molar-refractivity contribution in [2.24, 2.45) is 5.92 Å². The number of hydrogen-bond donors (Lipinski definition) is 1. The summed E-state index contributed by atoms with van der Waals surface area (Å²) in [4.78, 5) is 12.5. The third-order valence-electron chi connectivity index (χ3n) is 3.71. The van der Waals surface area contributed by atoms with Crippen molar-refractivity contribution < 1.29 is 22.7 Å². The first kappa shape index (κ1) is 24.0. The molecule has 0 saturated heterocycles. The fourth-order valence-corrected chi connectivity index (χ4v) is 3.74. The van der Waals surface area contributed by atoms with Crippen LogP contribution < -0.4 is 10.1 Å². The van der Waals surface area contributed by atoms with E-state index in [1.165, 1.54) is 18.2 Å². The Morgan fingerprint density at radius 1 is 1.27 bits per heavy atom. The average Bonchev–Trinajstić information content (AvgIpc) is 2.64. The van der Waals surface area contributed by atoms with Gasteiger partial charge in [0.25, 0.3) is 5.91 Å². The van der Waals surface area contributed by atoms with E-state index in [2.05, 4.69) is 37.2 Å². The number of nitriles is 1. The number of hydrogen-bond acceptors (Lipinski definition) is 3. The number of halogens is 5. The monoisotopic (exact) mass is 544 g/mol. The number of carbonyl (C=O) groups is 1. The van der Waals surface area contributed by atoms with E-state index < -0.39 is 17.6 Å². The van der Waals surface area contributed by atoms with Crippen LogP contribution in [-0.4, -0.2) is 12.5 Å². The SMILES string of the molecule is CC(C)COc1c(Br)cc(Br)cc1/C=C(\C#N)C(=O)Nc1cccc(C(F)(F)F)c1. The standard InChI is InChI=1S/C21H17Br2F3N2O2/c1-12(2)11-30-19-13(7-16(22)9-18(19)23)6-14(10-27)20(29)28-17-5-3-4-15(8-17)21(24,25)26/h3-9,12H,11H2,1-2H3,(H,28,29)/b14-6+. The predicted molar refractivity (Wildman–Crippen MR) is 116 cm³/mol. The minimum absolute atomic E-state index is 0.0670. The number of carbonyl (C=O) groups excluding carboxylic acids is 1. The van der Waals surface area contributed by atoms with Gasteiger partial charge in [-0.05, 0) is 58.3 Å². The van der Waals surface area contributed by atoms with Crippen molar-refractivity contribution >= 4 is 49.5 Å². The molecule has 0 bridgehead atoms. The maximum Gasteiger partial charge on any atom is 0.416 e. The van der Waals surface area contributed by atoms with Crippen molar-refractivity contribution in [3.63, 3.8) is 0 Å². The molecule has 0 aliphatic carbocycles. The van der Waals surface area contributed by atoms with Crippen LogP contribution in [0.25, 0.3) is 6.08 Å². The highest BCUT2D eigenvalue weighted by Gasteiger charge is 2.30. The summed E-state index contributed by atoms with van der Waals surface area (Å²) in [6.45, 7) is 4.37. The summed E-state index contributed by atoms with van der Waals surface area (Å²) in [5, 5.41) is 11.8. The highest BCUT2D eigenvalue weighted by Crippen LogP contribution is 2.35. The minimum atomic E-state index is -4.54. The molecule has 2 rings (SSSR count). The number of alkyl halides is 3. The number of anilines is 1. The Kier molecular flexibility index (Phi) is 8.10. The zero-order chi connectivity index (χ0) is 22.5. The molecule has 0 radical (unpaired) electrons. The quantitative estimate of drug-likeness (QED) is 0.320. The van der Waals surface area contributed by atoms with E-state index in [0.717, 1.165) is 12.1 Å². The third-order valence-corrected chi connectivity index (χ3v) is 4.76. The van der Waals surface area contributed by atoms with Crippen LogP contribution in [-0.2, 0) is 11.0 Å². The van der Waals surface area contributed by atoms with Gasteiger partial charge in [0.05, 0.1) is 16.6 Å². The smallest absolute Gasteiger partial charge is 0.416 e. The summed E-state index contributed by atoms with van der Waals surface area (Å²) in [6, 6.07) is 9.42. The van der Waals surface area contributed by atoms with Gasteiger partial charge in [-0.1, -0.05) is 35.8 Å². The van der Waals surface area contributed by atoms with Gasteiger partial charge in [-0.15, -0.1) is 0 Å². The molecular weight excluding hydrogens is 529 g/mol. The first-order chi connectivity index (χ1) is 14.0. The lowest BCUT2D eigenvalue weighted by molar-refractivity contribution is -0.137. The first-order valence-electron chi connectivity index (χ1n) is 8.73. The van der Waals surface area contributed by atoms with Crippen LogP contribution in [0.15, 0.2) is 50.9 Å². The number of ether oxygens (including phenoxy) is 1. The molecule has 0 aliphatic heterocycles. The molecule has 0 fully saturated rings. The second-order valence-corrected chi connectivity index (χ2v) is 8.48. The molecule has 2 aromatic carbocycles. The van der Waals surface area contributed by atoms with Crippen molar-refractivity contribution in [2.75, 3.05) is 11.9 Å². The van der Waals surface area contributed by atoms with Crippen molar-refractivity contribution in [2.45, 2.75) is 20.0 Å². The van der Waals surface area contributed by atoms with E-state index in [9.17, 15) is 23.2 Å². The van der Waals surface area contributed by atoms with Crippen LogP contribution in [0, 0.1) is 17.2 Å². The first-order valence-corrected chi connectivity index (χ1v) is 10.3. The van der Waals surface area contributed by atoms with E-state index in [0.29, 0.717) is 26.9 Å². The summed E-state index contributed by atoms with van der Waals surface area (Å²) in [5.41, 5.74) is -0.787. The van der Waals surface area contributed by atoms with Gasteiger partial charge < -0.3 is 10.1 Å². The Hall–Kier alpha value is -2.31. The Morgan fingerprint density at radius 3 is 2.57 bits per heavy atom. The molecular formula is C21H17Br2F3N2O2. The third kappa shape index (κ3) is 6.61. The number of nitrogens with zero attached hydrogens (tertiary/aromatic N) is 1. The van der Waals surface area contributed by atoms with Crippen LogP contribution >= 0.6 is 31.9 Å². The Bertz CT molecular complexity index is 1010. The van der Waals surface area contributed by atoms with Gasteiger partial charge in [0.15, 0.2) is 0 Å². The molecule has 0 aromatic heterocycles. The molecule has 30 heavy (non-hydrogen) atoms. The summed E-state index contributed by atoms with van der Waals surface area (Å²) in [5.74, 6) is -0.133. The van der Waals surface area contributed by atoms with Gasteiger partial charge in [-0.25, -0.2) is 0 Å². The normalized spacial score (nSPS) is 11.9. The molecule has 0 spiro atoms. The Balaban J connectivity index is 2.36. The molecule has 158 valence electrons. The number of benzene rings is 2. The van der Waals surface area contributed by atoms with Gasteiger partial charge in [-0.3, -0.25) is 4.79 Å². The van der Waals surface area contributed by atoms with Gasteiger partial charge >= 0.3 is 6.18 Å². The number of rotatable bonds is 6. The molecule has 0 saturated carbocycles. The Labute approximate surface area is 189 Å². The van der Waals surface area contributed by atoms with E-state index in [1.807, 2.05) is 13.8 Å². The molecule has 0 atom stereocenters. The van der Waals surface area contributed by atoms with E-state index in [4.69, 9.17) is 4.74 Å². The molecule has 9 heteroatoms. The van der Waals surface area contributed by atoms with Gasteiger partial charge in [-0.2, -0.15) is 18.4 Å². The second-order valence-electron chi connectivity index (χ2n) is 6.71. The number of amides is 1. The maximum absolute atomic E-state index is 12.9. The van der Waals surface area contributed by atoms with Crippen LogP contribution in [0.1, 0.15) is 25.0 Å². The zero-order valence-corrected chi connectivity index (χ0v) is 19.2. The zero-order valence-electron chi connectivity index (χ0n) is 16.0.